The summed E-state index contributed by atoms with van der Waals surface area (Å²) in [6, 6.07) is 7.71. The number of rotatable bonds is 9. The van der Waals surface area contributed by atoms with Gasteiger partial charge in [-0.1, -0.05) is 12.1 Å². The first-order valence-electron chi connectivity index (χ1n) is 6.44. The van der Waals surface area contributed by atoms with Crippen molar-refractivity contribution in [3.05, 3.63) is 29.8 Å². The molecule has 5 nitrogen and oxygen atoms in total. The van der Waals surface area contributed by atoms with Crippen LogP contribution < -0.4 is 15.4 Å². The van der Waals surface area contributed by atoms with Crippen molar-refractivity contribution in [1.82, 2.24) is 10.6 Å². The van der Waals surface area contributed by atoms with Gasteiger partial charge < -0.3 is 20.1 Å². The number of benzene rings is 1. The van der Waals surface area contributed by atoms with Crippen molar-refractivity contribution in [2.45, 2.75) is 13.5 Å². The van der Waals surface area contributed by atoms with E-state index in [0.29, 0.717) is 32.8 Å². The summed E-state index contributed by atoms with van der Waals surface area (Å²) in [5.41, 5.74) is 1.05. The van der Waals surface area contributed by atoms with Crippen molar-refractivity contribution < 1.29 is 14.3 Å². The lowest BCUT2D eigenvalue weighted by Crippen LogP contribution is -2.34. The van der Waals surface area contributed by atoms with Gasteiger partial charge in [-0.05, 0) is 24.6 Å². The van der Waals surface area contributed by atoms with Gasteiger partial charge >= 0.3 is 0 Å². The summed E-state index contributed by atoms with van der Waals surface area (Å²) in [6.45, 7) is 4.71. The van der Waals surface area contributed by atoms with Gasteiger partial charge in [0.05, 0.1) is 19.8 Å². The largest absolute Gasteiger partial charge is 0.494 e. The fourth-order valence-electron chi connectivity index (χ4n) is 1.51. The molecule has 1 aromatic carbocycles. The zero-order chi connectivity index (χ0) is 13.9. The maximum absolute atomic E-state index is 11.5. The lowest BCUT2D eigenvalue weighted by molar-refractivity contribution is -0.120. The highest BCUT2D eigenvalue weighted by Gasteiger charge is 2.00. The summed E-state index contributed by atoms with van der Waals surface area (Å²) in [6.07, 6.45) is 0. The van der Waals surface area contributed by atoms with Gasteiger partial charge in [0.1, 0.15) is 5.75 Å². The zero-order valence-corrected chi connectivity index (χ0v) is 11.6. The smallest absolute Gasteiger partial charge is 0.234 e. The van der Waals surface area contributed by atoms with E-state index in [1.165, 1.54) is 0 Å². The molecule has 1 rings (SSSR count). The standard InChI is InChI=1S/C14H22N2O3/c1-3-19-13-6-4-12(5-7-13)10-16-14(17)11-15-8-9-18-2/h4-7,15H,3,8-11H2,1-2H3,(H,16,17). The fraction of sp³-hybridized carbons (Fsp3) is 0.500. The summed E-state index contributed by atoms with van der Waals surface area (Å²) >= 11 is 0. The van der Waals surface area contributed by atoms with Gasteiger partial charge in [0, 0.05) is 20.2 Å². The third kappa shape index (κ3) is 6.79. The Morgan fingerprint density at radius 1 is 1.26 bits per heavy atom. The SMILES string of the molecule is CCOc1ccc(CNC(=O)CNCCOC)cc1. The summed E-state index contributed by atoms with van der Waals surface area (Å²) in [7, 11) is 1.63. The molecule has 0 atom stereocenters. The molecule has 19 heavy (non-hydrogen) atoms. The minimum absolute atomic E-state index is 0.0232. The Bertz CT molecular complexity index is 365. The van der Waals surface area contributed by atoms with Gasteiger partial charge in [-0.15, -0.1) is 0 Å². The maximum Gasteiger partial charge on any atom is 0.234 e. The Balaban J connectivity index is 2.22. The van der Waals surface area contributed by atoms with Crippen molar-refractivity contribution in [3.63, 3.8) is 0 Å². The van der Waals surface area contributed by atoms with Crippen LogP contribution in [0.15, 0.2) is 24.3 Å². The molecule has 0 saturated heterocycles. The van der Waals surface area contributed by atoms with E-state index in [-0.39, 0.29) is 5.91 Å². The number of hydrogen-bond donors (Lipinski definition) is 2. The Morgan fingerprint density at radius 3 is 2.63 bits per heavy atom. The normalized spacial score (nSPS) is 10.2. The first kappa shape index (κ1) is 15.5. The highest BCUT2D eigenvalue weighted by atomic mass is 16.5. The lowest BCUT2D eigenvalue weighted by Gasteiger charge is -2.07. The van der Waals surface area contributed by atoms with E-state index in [4.69, 9.17) is 9.47 Å². The number of carbonyl (C=O) groups excluding carboxylic acids is 1. The Kier molecular flexibility index (Phi) is 7.62. The summed E-state index contributed by atoms with van der Waals surface area (Å²) < 4.78 is 10.2. The van der Waals surface area contributed by atoms with Crippen molar-refractivity contribution in [3.8, 4) is 5.75 Å². The van der Waals surface area contributed by atoms with Crippen LogP contribution in [0, 0.1) is 0 Å². The third-order valence-corrected chi connectivity index (χ3v) is 2.49. The van der Waals surface area contributed by atoms with Crippen LogP contribution in [0.3, 0.4) is 0 Å². The number of carbonyl (C=O) groups is 1. The molecule has 0 radical (unpaired) electrons. The molecule has 0 bridgehead atoms. The van der Waals surface area contributed by atoms with Gasteiger partial charge in [0.2, 0.25) is 5.91 Å². The molecule has 2 N–H and O–H groups in total. The van der Waals surface area contributed by atoms with Crippen molar-refractivity contribution in [2.24, 2.45) is 0 Å². The molecule has 0 saturated carbocycles. The molecule has 0 aliphatic rings. The van der Waals surface area contributed by atoms with E-state index < -0.39 is 0 Å². The van der Waals surface area contributed by atoms with Gasteiger partial charge in [-0.25, -0.2) is 0 Å². The number of hydrogen-bond acceptors (Lipinski definition) is 4. The maximum atomic E-state index is 11.5. The summed E-state index contributed by atoms with van der Waals surface area (Å²) in [4.78, 5) is 11.5. The average molecular weight is 266 g/mol. The van der Waals surface area contributed by atoms with Crippen LogP contribution in [-0.4, -0.2) is 39.3 Å². The molecule has 5 heteroatoms. The number of ether oxygens (including phenoxy) is 2. The molecule has 0 aliphatic heterocycles. The van der Waals surface area contributed by atoms with Gasteiger partial charge in [0.15, 0.2) is 0 Å². The van der Waals surface area contributed by atoms with Crippen LogP contribution in [0.2, 0.25) is 0 Å². The number of nitrogens with one attached hydrogen (secondary N) is 2. The predicted octanol–water partition coefficient (Wildman–Crippen LogP) is 0.937. The molecule has 1 aromatic rings. The van der Waals surface area contributed by atoms with Gasteiger partial charge in [0.25, 0.3) is 0 Å². The van der Waals surface area contributed by atoms with E-state index in [2.05, 4.69) is 10.6 Å². The van der Waals surface area contributed by atoms with Crippen molar-refractivity contribution >= 4 is 5.91 Å². The topological polar surface area (TPSA) is 59.6 Å². The minimum Gasteiger partial charge on any atom is -0.494 e. The van der Waals surface area contributed by atoms with Crippen LogP contribution in [0.4, 0.5) is 0 Å². The molecule has 0 heterocycles. The van der Waals surface area contributed by atoms with Crippen LogP contribution in [-0.2, 0) is 16.1 Å². The van der Waals surface area contributed by atoms with Crippen molar-refractivity contribution in [2.75, 3.05) is 33.4 Å². The number of methoxy groups -OCH3 is 1. The summed E-state index contributed by atoms with van der Waals surface area (Å²) in [5, 5.41) is 5.84. The summed E-state index contributed by atoms with van der Waals surface area (Å²) in [5.74, 6) is 0.823. The molecule has 1 amide bonds. The Morgan fingerprint density at radius 2 is 2.00 bits per heavy atom. The van der Waals surface area contributed by atoms with E-state index in [9.17, 15) is 4.79 Å². The Hall–Kier alpha value is -1.59. The van der Waals surface area contributed by atoms with Crippen LogP contribution in [0.1, 0.15) is 12.5 Å². The molecule has 0 unspecified atom stereocenters. The van der Waals surface area contributed by atoms with Crippen LogP contribution in [0.5, 0.6) is 5.75 Å². The molecule has 0 aromatic heterocycles. The quantitative estimate of drug-likeness (QED) is 0.653. The second-order valence-electron chi connectivity index (χ2n) is 4.02. The second kappa shape index (κ2) is 9.35. The van der Waals surface area contributed by atoms with Crippen LogP contribution >= 0.6 is 0 Å². The van der Waals surface area contributed by atoms with Gasteiger partial charge in [-0.2, -0.15) is 0 Å². The molecule has 0 spiro atoms. The van der Waals surface area contributed by atoms with Crippen LogP contribution in [0.25, 0.3) is 0 Å². The first-order valence-corrected chi connectivity index (χ1v) is 6.44. The predicted molar refractivity (Wildman–Crippen MR) is 74.2 cm³/mol. The fourth-order valence-corrected chi connectivity index (χ4v) is 1.51. The minimum atomic E-state index is -0.0232. The third-order valence-electron chi connectivity index (χ3n) is 2.49. The highest BCUT2D eigenvalue weighted by molar-refractivity contribution is 5.77. The Labute approximate surface area is 114 Å². The van der Waals surface area contributed by atoms with E-state index in [1.807, 2.05) is 31.2 Å². The highest BCUT2D eigenvalue weighted by Crippen LogP contribution is 2.11. The monoisotopic (exact) mass is 266 g/mol. The molecular weight excluding hydrogens is 244 g/mol. The van der Waals surface area contributed by atoms with Gasteiger partial charge in [-0.3, -0.25) is 4.79 Å². The second-order valence-corrected chi connectivity index (χ2v) is 4.02. The molecule has 0 fully saturated rings. The first-order chi connectivity index (χ1) is 9.26. The van der Waals surface area contributed by atoms with E-state index >= 15 is 0 Å². The number of amides is 1. The molecular formula is C14H22N2O3. The zero-order valence-electron chi connectivity index (χ0n) is 11.6. The average Bonchev–Trinajstić information content (AvgIpc) is 2.43. The molecule has 0 aliphatic carbocycles. The van der Waals surface area contributed by atoms with E-state index in [1.54, 1.807) is 7.11 Å². The molecule has 106 valence electrons. The van der Waals surface area contributed by atoms with E-state index in [0.717, 1.165) is 11.3 Å². The van der Waals surface area contributed by atoms with Crippen molar-refractivity contribution in [1.29, 1.82) is 0 Å². The lowest BCUT2D eigenvalue weighted by atomic mass is 10.2.